The number of nitrogens with zero attached hydrogens (tertiary/aromatic N) is 2. The molecule has 3 nitrogen and oxygen atoms in total. The highest BCUT2D eigenvalue weighted by molar-refractivity contribution is 5.98. The summed E-state index contributed by atoms with van der Waals surface area (Å²) >= 11 is 0. The predicted octanol–water partition coefficient (Wildman–Crippen LogP) is 4.78. The molecule has 0 radical (unpaired) electrons. The summed E-state index contributed by atoms with van der Waals surface area (Å²) < 4.78 is 13.2. The number of benzene rings is 2. The van der Waals surface area contributed by atoms with Crippen molar-refractivity contribution < 1.29 is 9.18 Å². The Morgan fingerprint density at radius 1 is 0.815 bits per heavy atom. The SMILES string of the molecule is O=C1CCc2cc(-c3cncc(-c4ccc(F)cc4)c3)cc3c2N1CCC3. The number of hydrogen-bond acceptors (Lipinski definition) is 2. The monoisotopic (exact) mass is 358 g/mol. The number of amides is 1. The lowest BCUT2D eigenvalue weighted by Gasteiger charge is -2.35. The normalized spacial score (nSPS) is 15.6. The molecule has 0 saturated heterocycles. The van der Waals surface area contributed by atoms with Crippen LogP contribution in [0.2, 0.25) is 0 Å². The maximum Gasteiger partial charge on any atom is 0.227 e. The van der Waals surface area contributed by atoms with Gasteiger partial charge in [-0.1, -0.05) is 12.1 Å². The summed E-state index contributed by atoms with van der Waals surface area (Å²) in [6, 6.07) is 13.0. The molecule has 27 heavy (non-hydrogen) atoms. The van der Waals surface area contributed by atoms with Crippen molar-refractivity contribution in [1.29, 1.82) is 0 Å². The van der Waals surface area contributed by atoms with Crippen LogP contribution in [0.25, 0.3) is 22.3 Å². The Hall–Kier alpha value is -3.01. The minimum Gasteiger partial charge on any atom is -0.312 e. The van der Waals surface area contributed by atoms with E-state index in [2.05, 4.69) is 23.2 Å². The van der Waals surface area contributed by atoms with Crippen LogP contribution in [0.1, 0.15) is 24.0 Å². The van der Waals surface area contributed by atoms with E-state index < -0.39 is 0 Å². The van der Waals surface area contributed by atoms with Gasteiger partial charge in [0.2, 0.25) is 5.91 Å². The standard InChI is InChI=1S/C23H19FN2O/c24-21-6-3-15(4-7-21)19-12-20(14-25-13-19)18-10-16-2-1-9-26-22(27)8-5-17(11-18)23(16)26/h3-4,6-7,10-14H,1-2,5,8-9H2. The smallest absolute Gasteiger partial charge is 0.227 e. The quantitative estimate of drug-likeness (QED) is 0.660. The van der Waals surface area contributed by atoms with E-state index in [-0.39, 0.29) is 11.7 Å². The van der Waals surface area contributed by atoms with Gasteiger partial charge in [0.15, 0.2) is 0 Å². The largest absolute Gasteiger partial charge is 0.312 e. The lowest BCUT2D eigenvalue weighted by Crippen LogP contribution is -2.39. The molecule has 134 valence electrons. The second kappa shape index (κ2) is 6.31. The third kappa shape index (κ3) is 2.81. The van der Waals surface area contributed by atoms with Gasteiger partial charge in [0.05, 0.1) is 5.69 Å². The highest BCUT2D eigenvalue weighted by Crippen LogP contribution is 2.39. The van der Waals surface area contributed by atoms with Gasteiger partial charge >= 0.3 is 0 Å². The van der Waals surface area contributed by atoms with E-state index in [0.717, 1.165) is 53.7 Å². The Bertz CT molecular complexity index is 1030. The Labute approximate surface area is 157 Å². The van der Waals surface area contributed by atoms with Crippen LogP contribution in [-0.2, 0) is 17.6 Å². The van der Waals surface area contributed by atoms with Crippen LogP contribution < -0.4 is 4.90 Å². The fourth-order valence-corrected chi connectivity index (χ4v) is 4.22. The number of aromatic nitrogens is 1. The Morgan fingerprint density at radius 2 is 1.52 bits per heavy atom. The first kappa shape index (κ1) is 16.2. The third-order valence-corrected chi connectivity index (χ3v) is 5.52. The van der Waals surface area contributed by atoms with Gasteiger partial charge < -0.3 is 4.90 Å². The first-order valence-corrected chi connectivity index (χ1v) is 9.36. The van der Waals surface area contributed by atoms with Crippen molar-refractivity contribution in [3.05, 3.63) is 71.8 Å². The van der Waals surface area contributed by atoms with Gasteiger partial charge in [-0.2, -0.15) is 0 Å². The lowest BCUT2D eigenvalue weighted by atomic mass is 9.88. The number of rotatable bonds is 2. The molecular weight excluding hydrogens is 339 g/mol. The summed E-state index contributed by atoms with van der Waals surface area (Å²) in [5.74, 6) is 0.00641. The number of carbonyl (C=O) groups is 1. The zero-order valence-corrected chi connectivity index (χ0v) is 14.9. The fraction of sp³-hybridized carbons (Fsp3) is 0.217. The van der Waals surface area contributed by atoms with Crippen molar-refractivity contribution in [3.8, 4) is 22.3 Å². The minimum atomic E-state index is -0.240. The Balaban J connectivity index is 1.59. The van der Waals surface area contributed by atoms with E-state index in [9.17, 15) is 9.18 Å². The van der Waals surface area contributed by atoms with E-state index in [1.807, 2.05) is 11.1 Å². The Morgan fingerprint density at radius 3 is 2.30 bits per heavy atom. The van der Waals surface area contributed by atoms with E-state index in [0.29, 0.717) is 6.42 Å². The third-order valence-electron chi connectivity index (χ3n) is 5.52. The summed E-state index contributed by atoms with van der Waals surface area (Å²) in [5, 5.41) is 0. The molecule has 2 aliphatic rings. The summed E-state index contributed by atoms with van der Waals surface area (Å²) in [6.45, 7) is 0.833. The van der Waals surface area contributed by atoms with Gasteiger partial charge in [-0.25, -0.2) is 4.39 Å². The second-order valence-corrected chi connectivity index (χ2v) is 7.26. The molecule has 1 aromatic heterocycles. The summed E-state index contributed by atoms with van der Waals surface area (Å²) in [7, 11) is 0. The molecule has 0 spiro atoms. The van der Waals surface area contributed by atoms with Gasteiger partial charge in [-0.05, 0) is 71.8 Å². The van der Waals surface area contributed by atoms with E-state index in [4.69, 9.17) is 0 Å². The average Bonchev–Trinajstić information content (AvgIpc) is 2.71. The predicted molar refractivity (Wildman–Crippen MR) is 104 cm³/mol. The first-order chi connectivity index (χ1) is 13.2. The van der Waals surface area contributed by atoms with Crippen molar-refractivity contribution in [1.82, 2.24) is 4.98 Å². The summed E-state index contributed by atoms with van der Waals surface area (Å²) in [6.07, 6.45) is 7.08. The van der Waals surface area contributed by atoms with Gasteiger partial charge in [0.1, 0.15) is 5.82 Å². The zero-order chi connectivity index (χ0) is 18.4. The van der Waals surface area contributed by atoms with Crippen molar-refractivity contribution in [2.75, 3.05) is 11.4 Å². The molecule has 0 N–H and O–H groups in total. The van der Waals surface area contributed by atoms with Crippen LogP contribution in [0.5, 0.6) is 0 Å². The van der Waals surface area contributed by atoms with Gasteiger partial charge in [0, 0.05) is 36.5 Å². The number of aryl methyl sites for hydroxylation is 2. The van der Waals surface area contributed by atoms with E-state index >= 15 is 0 Å². The maximum atomic E-state index is 13.2. The molecule has 0 unspecified atom stereocenters. The molecule has 4 heteroatoms. The van der Waals surface area contributed by atoms with Gasteiger partial charge in [0.25, 0.3) is 0 Å². The molecule has 1 amide bonds. The van der Waals surface area contributed by atoms with Crippen LogP contribution >= 0.6 is 0 Å². The molecule has 0 fully saturated rings. The molecule has 2 aromatic carbocycles. The molecule has 0 bridgehead atoms. The average molecular weight is 358 g/mol. The molecule has 0 aliphatic carbocycles. The van der Waals surface area contributed by atoms with Crippen LogP contribution in [0.4, 0.5) is 10.1 Å². The van der Waals surface area contributed by atoms with Crippen LogP contribution in [0, 0.1) is 5.82 Å². The zero-order valence-electron chi connectivity index (χ0n) is 14.9. The number of carbonyl (C=O) groups excluding carboxylic acids is 1. The van der Waals surface area contributed by atoms with Crippen molar-refractivity contribution in [2.24, 2.45) is 0 Å². The highest BCUT2D eigenvalue weighted by atomic mass is 19.1. The molecular formula is C23H19FN2O. The lowest BCUT2D eigenvalue weighted by molar-refractivity contribution is -0.119. The molecule has 5 rings (SSSR count). The van der Waals surface area contributed by atoms with Crippen LogP contribution in [0.15, 0.2) is 54.9 Å². The Kier molecular flexibility index (Phi) is 3.78. The maximum absolute atomic E-state index is 13.2. The first-order valence-electron chi connectivity index (χ1n) is 9.36. The minimum absolute atomic E-state index is 0.240. The number of anilines is 1. The highest BCUT2D eigenvalue weighted by Gasteiger charge is 2.29. The molecule has 0 saturated carbocycles. The number of hydrogen-bond donors (Lipinski definition) is 0. The molecule has 3 aromatic rings. The van der Waals surface area contributed by atoms with E-state index in [1.165, 1.54) is 23.3 Å². The van der Waals surface area contributed by atoms with Crippen molar-refractivity contribution in [3.63, 3.8) is 0 Å². The summed E-state index contributed by atoms with van der Waals surface area (Å²) in [4.78, 5) is 18.6. The van der Waals surface area contributed by atoms with Crippen LogP contribution in [-0.4, -0.2) is 17.4 Å². The fourth-order valence-electron chi connectivity index (χ4n) is 4.22. The molecule has 3 heterocycles. The molecule has 2 aliphatic heterocycles. The second-order valence-electron chi connectivity index (χ2n) is 7.26. The molecule has 0 atom stereocenters. The topological polar surface area (TPSA) is 33.2 Å². The van der Waals surface area contributed by atoms with Crippen molar-refractivity contribution >= 4 is 11.6 Å². The van der Waals surface area contributed by atoms with Gasteiger partial charge in [-0.15, -0.1) is 0 Å². The summed E-state index contributed by atoms with van der Waals surface area (Å²) in [5.41, 5.74) is 7.76. The van der Waals surface area contributed by atoms with Gasteiger partial charge in [-0.3, -0.25) is 9.78 Å². The van der Waals surface area contributed by atoms with E-state index in [1.54, 1.807) is 18.3 Å². The van der Waals surface area contributed by atoms with Crippen LogP contribution in [0.3, 0.4) is 0 Å². The van der Waals surface area contributed by atoms with Crippen molar-refractivity contribution in [2.45, 2.75) is 25.7 Å². The number of pyridine rings is 1. The number of halogens is 1.